The molecule has 3 aromatic carbocycles. The summed E-state index contributed by atoms with van der Waals surface area (Å²) in [6.07, 6.45) is 0.121. The molecule has 1 saturated heterocycles. The van der Waals surface area contributed by atoms with Crippen molar-refractivity contribution in [2.24, 2.45) is 0 Å². The fourth-order valence-electron chi connectivity index (χ4n) is 4.22. The summed E-state index contributed by atoms with van der Waals surface area (Å²) < 4.78 is 34.0. The molecular weight excluding hydrogens is 540 g/mol. The minimum absolute atomic E-state index is 0.0613. The second-order valence-corrected chi connectivity index (χ2v) is 11.4. The molecule has 206 valence electrons. The molecule has 4 rings (SSSR count). The molecule has 0 saturated carbocycles. The van der Waals surface area contributed by atoms with E-state index in [0.29, 0.717) is 30.1 Å². The van der Waals surface area contributed by atoms with Gasteiger partial charge in [0.1, 0.15) is 11.8 Å². The largest absolute Gasteiger partial charge is 0.495 e. The molecule has 2 amide bonds. The average Bonchev–Trinajstić information content (AvgIpc) is 2.93. The number of hydrogen-bond donors (Lipinski definition) is 2. The van der Waals surface area contributed by atoms with Crippen molar-refractivity contribution in [3.8, 4) is 5.75 Å². The number of carbonyl (C=O) groups is 2. The number of benzene rings is 3. The van der Waals surface area contributed by atoms with E-state index in [2.05, 4.69) is 14.9 Å². The monoisotopic (exact) mass is 570 g/mol. The number of rotatable bonds is 9. The molecule has 2 N–H and O–H groups in total. The molecule has 11 heteroatoms. The summed E-state index contributed by atoms with van der Waals surface area (Å²) in [4.78, 5) is 30.0. The van der Waals surface area contributed by atoms with E-state index in [9.17, 15) is 18.0 Å². The van der Waals surface area contributed by atoms with Crippen LogP contribution in [0.3, 0.4) is 0 Å². The van der Waals surface area contributed by atoms with Crippen molar-refractivity contribution in [2.45, 2.75) is 17.4 Å². The number of sulfonamides is 1. The molecule has 9 nitrogen and oxygen atoms in total. The van der Waals surface area contributed by atoms with Crippen LogP contribution < -0.4 is 14.8 Å². The van der Waals surface area contributed by atoms with E-state index in [-0.39, 0.29) is 22.2 Å². The van der Waals surface area contributed by atoms with Crippen molar-refractivity contribution < 1.29 is 22.7 Å². The average molecular weight is 571 g/mol. The van der Waals surface area contributed by atoms with Crippen molar-refractivity contribution in [3.63, 3.8) is 0 Å². The van der Waals surface area contributed by atoms with Crippen molar-refractivity contribution in [2.75, 3.05) is 45.7 Å². The van der Waals surface area contributed by atoms with Gasteiger partial charge in [0.05, 0.1) is 17.0 Å². The summed E-state index contributed by atoms with van der Waals surface area (Å²) in [5, 5.41) is 2.91. The van der Waals surface area contributed by atoms with Crippen LogP contribution in [0.15, 0.2) is 77.7 Å². The highest BCUT2D eigenvalue weighted by molar-refractivity contribution is 7.89. The lowest BCUT2D eigenvalue weighted by Crippen LogP contribution is -2.47. The number of likely N-dealkylation sites (N-methyl/N-ethyl adjacent to an activating group) is 1. The first-order valence-corrected chi connectivity index (χ1v) is 14.3. The molecule has 0 aliphatic carbocycles. The van der Waals surface area contributed by atoms with E-state index < -0.39 is 22.0 Å². The Bertz CT molecular complexity index is 1410. The number of carbonyl (C=O) groups excluding carboxylic acids is 2. The Hall–Kier alpha value is -3.44. The van der Waals surface area contributed by atoms with Crippen LogP contribution in [0.5, 0.6) is 5.75 Å². The third-order valence-corrected chi connectivity index (χ3v) is 8.28. The van der Waals surface area contributed by atoms with E-state index in [1.54, 1.807) is 24.3 Å². The molecule has 3 aromatic rings. The van der Waals surface area contributed by atoms with Crippen LogP contribution in [-0.2, 0) is 21.2 Å². The number of nitrogens with one attached hydrogen (secondary N) is 2. The maximum Gasteiger partial charge on any atom is 0.253 e. The summed E-state index contributed by atoms with van der Waals surface area (Å²) in [7, 11) is -0.646. The van der Waals surface area contributed by atoms with Crippen molar-refractivity contribution in [1.29, 1.82) is 0 Å². The van der Waals surface area contributed by atoms with Crippen molar-refractivity contribution in [1.82, 2.24) is 14.5 Å². The Morgan fingerprint density at radius 2 is 1.64 bits per heavy atom. The Labute approximate surface area is 233 Å². The van der Waals surface area contributed by atoms with Gasteiger partial charge in [-0.25, -0.2) is 8.42 Å². The van der Waals surface area contributed by atoms with E-state index in [1.807, 2.05) is 42.3 Å². The first kappa shape index (κ1) is 28.6. The Morgan fingerprint density at radius 3 is 2.26 bits per heavy atom. The minimum Gasteiger partial charge on any atom is -0.495 e. The van der Waals surface area contributed by atoms with Crippen LogP contribution in [0.1, 0.15) is 15.9 Å². The first-order valence-electron chi connectivity index (χ1n) is 12.4. The molecule has 1 aliphatic heterocycles. The van der Waals surface area contributed by atoms with Gasteiger partial charge in [-0.1, -0.05) is 41.9 Å². The maximum absolute atomic E-state index is 13.3. The SMILES string of the molecule is COc1ccc(S(=O)(=O)N[C@@H](Cc2ccccc2)C(=O)Nc2ccc(C(=O)N3CCN(C)CC3)cc2)cc1Cl. The number of methoxy groups -OCH3 is 1. The maximum atomic E-state index is 13.3. The molecular formula is C28H31ClN4O5S. The van der Waals surface area contributed by atoms with Gasteiger partial charge in [0, 0.05) is 37.4 Å². The predicted octanol–water partition coefficient (Wildman–Crippen LogP) is 3.26. The van der Waals surface area contributed by atoms with Gasteiger partial charge in [-0.3, -0.25) is 9.59 Å². The van der Waals surface area contributed by atoms with Gasteiger partial charge < -0.3 is 19.9 Å². The van der Waals surface area contributed by atoms with E-state index in [4.69, 9.17) is 16.3 Å². The molecule has 1 heterocycles. The van der Waals surface area contributed by atoms with E-state index in [1.165, 1.54) is 25.3 Å². The zero-order valence-corrected chi connectivity index (χ0v) is 23.3. The van der Waals surface area contributed by atoms with Gasteiger partial charge in [0.15, 0.2) is 0 Å². The molecule has 0 bridgehead atoms. The number of piperazine rings is 1. The van der Waals surface area contributed by atoms with Crippen LogP contribution in [0.25, 0.3) is 0 Å². The predicted molar refractivity (Wildman–Crippen MR) is 151 cm³/mol. The highest BCUT2D eigenvalue weighted by atomic mass is 35.5. The van der Waals surface area contributed by atoms with Crippen LogP contribution in [0.2, 0.25) is 5.02 Å². The van der Waals surface area contributed by atoms with E-state index >= 15 is 0 Å². The molecule has 1 fully saturated rings. The molecule has 0 spiro atoms. The highest BCUT2D eigenvalue weighted by Crippen LogP contribution is 2.27. The van der Waals surface area contributed by atoms with Gasteiger partial charge in [-0.05, 0) is 61.5 Å². The van der Waals surface area contributed by atoms with Crippen LogP contribution in [0.4, 0.5) is 5.69 Å². The quantitative estimate of drug-likeness (QED) is 0.409. The number of ether oxygens (including phenoxy) is 1. The van der Waals surface area contributed by atoms with Crippen LogP contribution >= 0.6 is 11.6 Å². The zero-order valence-electron chi connectivity index (χ0n) is 21.8. The Kier molecular flexibility index (Phi) is 9.24. The zero-order chi connectivity index (χ0) is 28.0. The molecule has 39 heavy (non-hydrogen) atoms. The van der Waals surface area contributed by atoms with Gasteiger partial charge in [-0.15, -0.1) is 0 Å². The molecule has 0 radical (unpaired) electrons. The fraction of sp³-hybridized carbons (Fsp3) is 0.286. The van der Waals surface area contributed by atoms with Gasteiger partial charge in [0.2, 0.25) is 15.9 Å². The van der Waals surface area contributed by atoms with Crippen LogP contribution in [-0.4, -0.2) is 76.4 Å². The summed E-state index contributed by atoms with van der Waals surface area (Å²) in [6, 6.07) is 18.7. The Balaban J connectivity index is 1.50. The van der Waals surface area contributed by atoms with Crippen molar-refractivity contribution in [3.05, 3.63) is 88.9 Å². The fourth-order valence-corrected chi connectivity index (χ4v) is 5.77. The standard InChI is InChI=1S/C28H31ClN4O5S/c1-32-14-16-33(17-15-32)28(35)21-8-10-22(11-9-21)30-27(34)25(18-20-6-4-3-5-7-20)31-39(36,37)23-12-13-26(38-2)24(29)19-23/h3-13,19,25,31H,14-18H2,1-2H3,(H,30,34)/t25-/m0/s1. The number of anilines is 1. The topological polar surface area (TPSA) is 108 Å². The summed E-state index contributed by atoms with van der Waals surface area (Å²) in [5.74, 6) is -0.266. The molecule has 1 atom stereocenters. The summed E-state index contributed by atoms with van der Waals surface area (Å²) in [6.45, 7) is 2.96. The molecule has 0 unspecified atom stereocenters. The second-order valence-electron chi connectivity index (χ2n) is 9.32. The first-order chi connectivity index (χ1) is 18.7. The highest BCUT2D eigenvalue weighted by Gasteiger charge is 2.27. The third-order valence-electron chi connectivity index (χ3n) is 6.52. The molecule has 0 aromatic heterocycles. The third kappa shape index (κ3) is 7.36. The van der Waals surface area contributed by atoms with Gasteiger partial charge >= 0.3 is 0 Å². The van der Waals surface area contributed by atoms with E-state index in [0.717, 1.165) is 18.7 Å². The number of hydrogen-bond acceptors (Lipinski definition) is 6. The smallest absolute Gasteiger partial charge is 0.253 e. The van der Waals surface area contributed by atoms with Crippen molar-refractivity contribution >= 4 is 39.1 Å². The lowest BCUT2D eigenvalue weighted by molar-refractivity contribution is -0.117. The van der Waals surface area contributed by atoms with Gasteiger partial charge in [-0.2, -0.15) is 4.72 Å². The number of halogens is 1. The number of amides is 2. The lowest BCUT2D eigenvalue weighted by atomic mass is 10.1. The second kappa shape index (κ2) is 12.6. The Morgan fingerprint density at radius 1 is 0.974 bits per heavy atom. The van der Waals surface area contributed by atoms with Crippen LogP contribution in [0, 0.1) is 0 Å². The summed E-state index contributed by atoms with van der Waals surface area (Å²) >= 11 is 6.14. The summed E-state index contributed by atoms with van der Waals surface area (Å²) in [5.41, 5.74) is 1.75. The minimum atomic E-state index is -4.10. The molecule has 1 aliphatic rings. The van der Waals surface area contributed by atoms with Gasteiger partial charge in [0.25, 0.3) is 5.91 Å². The number of nitrogens with zero attached hydrogens (tertiary/aromatic N) is 2. The normalized spacial score (nSPS) is 15.0. The lowest BCUT2D eigenvalue weighted by Gasteiger charge is -2.32.